The first-order valence-electron chi connectivity index (χ1n) is 6.34. The van der Waals surface area contributed by atoms with E-state index in [1.807, 2.05) is 0 Å². The highest BCUT2D eigenvalue weighted by molar-refractivity contribution is 5.99. The van der Waals surface area contributed by atoms with E-state index >= 15 is 0 Å². The Morgan fingerprint density at radius 2 is 1.77 bits per heavy atom. The van der Waals surface area contributed by atoms with Crippen molar-refractivity contribution in [1.82, 2.24) is 10.2 Å². The minimum Gasteiger partial charge on any atom is -0.353 e. The lowest BCUT2D eigenvalue weighted by molar-refractivity contribution is -0.394. The molecule has 1 aliphatic rings. The highest BCUT2D eigenvalue weighted by Gasteiger charge is 2.31. The van der Waals surface area contributed by atoms with Crippen LogP contribution >= 0.6 is 0 Å². The molecule has 0 radical (unpaired) electrons. The standard InChI is InChI=1S/C12H12N4O6/c1-7-11(17)13-2-3-14(7)12(18)8-4-9(15(19)20)6-10(5-8)16(21)22/h4-7H,2-3H2,1H3,(H,13,17). The molecule has 10 nitrogen and oxygen atoms in total. The Morgan fingerprint density at radius 1 is 1.23 bits per heavy atom. The molecule has 0 spiro atoms. The highest BCUT2D eigenvalue weighted by atomic mass is 16.6. The molecule has 0 saturated carbocycles. The van der Waals surface area contributed by atoms with Gasteiger partial charge in [-0.15, -0.1) is 0 Å². The van der Waals surface area contributed by atoms with E-state index < -0.39 is 33.2 Å². The van der Waals surface area contributed by atoms with E-state index in [0.29, 0.717) is 0 Å². The van der Waals surface area contributed by atoms with Crippen LogP contribution in [0.25, 0.3) is 0 Å². The first-order chi connectivity index (χ1) is 10.3. The largest absolute Gasteiger partial charge is 0.353 e. The van der Waals surface area contributed by atoms with Gasteiger partial charge in [-0.2, -0.15) is 0 Å². The van der Waals surface area contributed by atoms with E-state index in [1.165, 1.54) is 11.8 Å². The summed E-state index contributed by atoms with van der Waals surface area (Å²) >= 11 is 0. The number of non-ortho nitro benzene ring substituents is 2. The van der Waals surface area contributed by atoms with Crippen molar-refractivity contribution in [2.75, 3.05) is 13.1 Å². The van der Waals surface area contributed by atoms with Crippen LogP contribution in [-0.2, 0) is 4.79 Å². The van der Waals surface area contributed by atoms with Crippen LogP contribution in [0.4, 0.5) is 11.4 Å². The van der Waals surface area contributed by atoms with Gasteiger partial charge in [0.25, 0.3) is 17.3 Å². The predicted octanol–water partition coefficient (Wildman–Crippen LogP) is 0.463. The molecule has 1 aromatic carbocycles. The number of carbonyl (C=O) groups is 2. The maximum Gasteiger partial charge on any atom is 0.277 e. The molecule has 10 heteroatoms. The number of nitro benzene ring substituents is 2. The maximum atomic E-state index is 12.4. The molecule has 1 aromatic rings. The van der Waals surface area contributed by atoms with E-state index in [1.54, 1.807) is 0 Å². The molecule has 1 N–H and O–H groups in total. The molecule has 0 aromatic heterocycles. The third-order valence-corrected chi connectivity index (χ3v) is 3.33. The van der Waals surface area contributed by atoms with Gasteiger partial charge < -0.3 is 10.2 Å². The van der Waals surface area contributed by atoms with Crippen LogP contribution in [0.1, 0.15) is 17.3 Å². The molecule has 1 saturated heterocycles. The summed E-state index contributed by atoms with van der Waals surface area (Å²) in [7, 11) is 0. The molecule has 0 bridgehead atoms. The van der Waals surface area contributed by atoms with Crippen LogP contribution in [0.15, 0.2) is 18.2 Å². The van der Waals surface area contributed by atoms with Crippen LogP contribution in [0, 0.1) is 20.2 Å². The maximum absolute atomic E-state index is 12.4. The van der Waals surface area contributed by atoms with Gasteiger partial charge >= 0.3 is 0 Å². The molecule has 2 rings (SSSR count). The van der Waals surface area contributed by atoms with Crippen molar-refractivity contribution in [2.24, 2.45) is 0 Å². The number of nitro groups is 2. The predicted molar refractivity (Wildman–Crippen MR) is 73.3 cm³/mol. The lowest BCUT2D eigenvalue weighted by Crippen LogP contribution is -2.55. The third-order valence-electron chi connectivity index (χ3n) is 3.33. The van der Waals surface area contributed by atoms with E-state index in [2.05, 4.69) is 5.32 Å². The molecule has 116 valence electrons. The summed E-state index contributed by atoms with van der Waals surface area (Å²) < 4.78 is 0. The Bertz CT molecular complexity index is 641. The number of hydrogen-bond acceptors (Lipinski definition) is 6. The van der Waals surface area contributed by atoms with Gasteiger partial charge in [0.05, 0.1) is 21.5 Å². The molecule has 1 aliphatic heterocycles. The minimum atomic E-state index is -0.809. The van der Waals surface area contributed by atoms with Gasteiger partial charge in [-0.25, -0.2) is 0 Å². The summed E-state index contributed by atoms with van der Waals surface area (Å²) in [6.07, 6.45) is 0. The number of nitrogens with one attached hydrogen (secondary N) is 1. The smallest absolute Gasteiger partial charge is 0.277 e. The minimum absolute atomic E-state index is 0.192. The van der Waals surface area contributed by atoms with E-state index in [4.69, 9.17) is 0 Å². The average molecular weight is 308 g/mol. The SMILES string of the molecule is CC1C(=O)NCCN1C(=O)c1cc([N+](=O)[O-])cc([N+](=O)[O-])c1. The van der Waals surface area contributed by atoms with Crippen molar-refractivity contribution < 1.29 is 19.4 Å². The third kappa shape index (κ3) is 2.85. The summed E-state index contributed by atoms with van der Waals surface area (Å²) in [6.45, 7) is 1.99. The fourth-order valence-corrected chi connectivity index (χ4v) is 2.16. The highest BCUT2D eigenvalue weighted by Crippen LogP contribution is 2.24. The number of benzene rings is 1. The second-order valence-corrected chi connectivity index (χ2v) is 4.72. The summed E-state index contributed by atoms with van der Waals surface area (Å²) in [5.41, 5.74) is -1.29. The topological polar surface area (TPSA) is 136 Å². The van der Waals surface area contributed by atoms with Gasteiger partial charge in [0.2, 0.25) is 5.91 Å². The molecular formula is C12H12N4O6. The Labute approximate surface area is 124 Å². The monoisotopic (exact) mass is 308 g/mol. The van der Waals surface area contributed by atoms with Gasteiger partial charge in [-0.1, -0.05) is 0 Å². The Balaban J connectivity index is 2.42. The second kappa shape index (κ2) is 5.76. The van der Waals surface area contributed by atoms with Gasteiger partial charge in [-0.3, -0.25) is 29.8 Å². The van der Waals surface area contributed by atoms with Crippen molar-refractivity contribution in [1.29, 1.82) is 0 Å². The lowest BCUT2D eigenvalue weighted by Gasteiger charge is -2.32. The molecule has 1 fully saturated rings. The molecule has 0 aliphatic carbocycles. The summed E-state index contributed by atoms with van der Waals surface area (Å²) in [5, 5.41) is 24.3. The zero-order valence-electron chi connectivity index (χ0n) is 11.5. The number of carbonyl (C=O) groups excluding carboxylic acids is 2. The second-order valence-electron chi connectivity index (χ2n) is 4.72. The fraction of sp³-hybridized carbons (Fsp3) is 0.333. The van der Waals surface area contributed by atoms with Crippen LogP contribution in [0.5, 0.6) is 0 Å². The van der Waals surface area contributed by atoms with Crippen molar-refractivity contribution >= 4 is 23.2 Å². The summed E-state index contributed by atoms with van der Waals surface area (Å²) in [4.78, 5) is 45.3. The zero-order valence-corrected chi connectivity index (χ0v) is 11.5. The normalized spacial score (nSPS) is 17.8. The number of nitrogens with zero attached hydrogens (tertiary/aromatic N) is 3. The van der Waals surface area contributed by atoms with Crippen LogP contribution in [-0.4, -0.2) is 45.7 Å². The van der Waals surface area contributed by atoms with Crippen LogP contribution in [0.2, 0.25) is 0 Å². The number of piperazine rings is 1. The van der Waals surface area contributed by atoms with E-state index in [9.17, 15) is 29.8 Å². The van der Waals surface area contributed by atoms with Gasteiger partial charge in [0.1, 0.15) is 6.04 Å². The Hall–Kier alpha value is -3.04. The first-order valence-corrected chi connectivity index (χ1v) is 6.34. The molecule has 2 amide bonds. The molecule has 1 unspecified atom stereocenters. The zero-order chi connectivity index (χ0) is 16.4. The number of amides is 2. The van der Waals surface area contributed by atoms with E-state index in [0.717, 1.165) is 18.2 Å². The molecule has 22 heavy (non-hydrogen) atoms. The van der Waals surface area contributed by atoms with Crippen molar-refractivity contribution in [2.45, 2.75) is 13.0 Å². The Kier molecular flexibility index (Phi) is 4.02. The van der Waals surface area contributed by atoms with Crippen molar-refractivity contribution in [3.05, 3.63) is 44.0 Å². The van der Waals surface area contributed by atoms with Crippen LogP contribution in [0.3, 0.4) is 0 Å². The van der Waals surface area contributed by atoms with Gasteiger partial charge in [0.15, 0.2) is 0 Å². The fourth-order valence-electron chi connectivity index (χ4n) is 2.16. The van der Waals surface area contributed by atoms with Gasteiger partial charge in [-0.05, 0) is 6.92 Å². The summed E-state index contributed by atoms with van der Waals surface area (Å²) in [6, 6.07) is 1.96. The number of rotatable bonds is 3. The molecule has 1 atom stereocenters. The van der Waals surface area contributed by atoms with Crippen molar-refractivity contribution in [3.63, 3.8) is 0 Å². The number of hydrogen-bond donors (Lipinski definition) is 1. The van der Waals surface area contributed by atoms with Gasteiger partial charge in [0, 0.05) is 25.2 Å². The first kappa shape index (κ1) is 15.4. The van der Waals surface area contributed by atoms with E-state index in [-0.39, 0.29) is 24.6 Å². The quantitative estimate of drug-likeness (QED) is 0.636. The lowest BCUT2D eigenvalue weighted by atomic mass is 10.1. The average Bonchev–Trinajstić information content (AvgIpc) is 2.48. The Morgan fingerprint density at radius 3 is 2.27 bits per heavy atom. The van der Waals surface area contributed by atoms with Crippen molar-refractivity contribution in [3.8, 4) is 0 Å². The van der Waals surface area contributed by atoms with Crippen LogP contribution < -0.4 is 5.32 Å². The summed E-state index contributed by atoms with van der Waals surface area (Å²) in [5.74, 6) is -1.01. The molecular weight excluding hydrogens is 296 g/mol. The molecule has 1 heterocycles.